The molecule has 9 nitrogen and oxygen atoms in total. The number of pyridine rings is 1. The largest absolute Gasteiger partial charge is 0.468 e. The molecule has 3 heterocycles. The van der Waals surface area contributed by atoms with Gasteiger partial charge in [-0.25, -0.2) is 13.2 Å². The van der Waals surface area contributed by atoms with Crippen molar-refractivity contribution in [2.45, 2.75) is 38.2 Å². The first-order valence-corrected chi connectivity index (χ1v) is 13.6. The van der Waals surface area contributed by atoms with Crippen molar-refractivity contribution < 1.29 is 37.3 Å². The summed E-state index contributed by atoms with van der Waals surface area (Å²) >= 11 is 0. The Morgan fingerprint density at radius 3 is 2.62 bits per heavy atom. The number of carbonyl (C=O) groups excluding carboxylic acids is 1. The van der Waals surface area contributed by atoms with E-state index in [2.05, 4.69) is 15.0 Å². The van der Waals surface area contributed by atoms with Crippen molar-refractivity contribution in [2.75, 3.05) is 38.5 Å². The minimum absolute atomic E-state index is 0.0345. The summed E-state index contributed by atoms with van der Waals surface area (Å²) in [6.07, 6.45) is 4.82. The summed E-state index contributed by atoms with van der Waals surface area (Å²) < 4.78 is 62.4. The van der Waals surface area contributed by atoms with E-state index in [4.69, 9.17) is 14.2 Å². The SMILES string of the molecule is COCOc1cc(-c2ncc3c(N4CCC[C@@](C)(O)C4)nc(OCC4(C=O)CC4)nc3c2F)c2c(F)c(F)ccc2c1. The maximum atomic E-state index is 16.5. The Hall–Kier alpha value is -4.03. The monoisotopic (exact) mass is 582 g/mol. The number of aromatic nitrogens is 3. The summed E-state index contributed by atoms with van der Waals surface area (Å²) in [7, 11) is 1.43. The van der Waals surface area contributed by atoms with E-state index in [-0.39, 0.29) is 64.6 Å². The predicted molar refractivity (Wildman–Crippen MR) is 148 cm³/mol. The molecule has 0 bridgehead atoms. The fraction of sp³-hybridized carbons (Fsp3) is 0.400. The lowest BCUT2D eigenvalue weighted by Crippen LogP contribution is -2.46. The zero-order valence-electron chi connectivity index (χ0n) is 23.1. The van der Waals surface area contributed by atoms with Gasteiger partial charge in [-0.2, -0.15) is 9.97 Å². The molecule has 1 aliphatic carbocycles. The van der Waals surface area contributed by atoms with Gasteiger partial charge in [0.05, 0.1) is 16.4 Å². The van der Waals surface area contributed by atoms with Gasteiger partial charge in [0.2, 0.25) is 0 Å². The van der Waals surface area contributed by atoms with Crippen molar-refractivity contribution in [3.05, 3.63) is 47.9 Å². The van der Waals surface area contributed by atoms with E-state index in [1.165, 1.54) is 31.5 Å². The molecule has 12 heteroatoms. The normalized spacial score (nSPS) is 19.7. The van der Waals surface area contributed by atoms with Crippen molar-refractivity contribution >= 4 is 33.8 Å². The third kappa shape index (κ3) is 5.20. The van der Waals surface area contributed by atoms with E-state index in [1.807, 2.05) is 4.90 Å². The number of hydrogen-bond acceptors (Lipinski definition) is 9. The van der Waals surface area contributed by atoms with Crippen LogP contribution in [-0.4, -0.2) is 65.5 Å². The number of anilines is 1. The van der Waals surface area contributed by atoms with Crippen LogP contribution in [0, 0.1) is 22.9 Å². The number of ether oxygens (including phenoxy) is 3. The number of piperidine rings is 1. The lowest BCUT2D eigenvalue weighted by Gasteiger charge is -2.37. The van der Waals surface area contributed by atoms with Gasteiger partial charge in [0.15, 0.2) is 24.2 Å². The van der Waals surface area contributed by atoms with Gasteiger partial charge in [-0.1, -0.05) is 6.07 Å². The van der Waals surface area contributed by atoms with Gasteiger partial charge >= 0.3 is 6.01 Å². The third-order valence-corrected chi connectivity index (χ3v) is 7.83. The molecule has 220 valence electrons. The predicted octanol–water partition coefficient (Wildman–Crippen LogP) is 4.95. The summed E-state index contributed by atoms with van der Waals surface area (Å²) in [6.45, 7) is 2.40. The van der Waals surface area contributed by atoms with E-state index in [0.29, 0.717) is 38.0 Å². The number of nitrogens with zero attached hydrogens (tertiary/aromatic N) is 4. The second kappa shape index (κ2) is 10.7. The number of rotatable bonds is 9. The second-order valence-electron chi connectivity index (χ2n) is 11.3. The van der Waals surface area contributed by atoms with Crippen LogP contribution < -0.4 is 14.4 Å². The molecule has 1 saturated carbocycles. The topological polar surface area (TPSA) is 107 Å². The van der Waals surface area contributed by atoms with Crippen molar-refractivity contribution in [2.24, 2.45) is 5.41 Å². The lowest BCUT2D eigenvalue weighted by molar-refractivity contribution is -0.113. The molecular formula is C30H29F3N4O5. The van der Waals surface area contributed by atoms with Crippen LogP contribution in [0.5, 0.6) is 11.8 Å². The standard InChI is InChI=1S/C30H29F3N4O5/c1-29(39)6-3-9-37(13-29)27-20-12-34-25(24(33)26(20)35-28(36-27)41-15-30(14-38)7-8-30)19-11-18(42-16-40-2)10-17-4-5-21(31)23(32)22(17)19/h4-5,10-12,14,39H,3,6-9,13,15-16H2,1-2H3/t29-/m1/s1. The molecule has 1 aliphatic heterocycles. The van der Waals surface area contributed by atoms with E-state index in [1.54, 1.807) is 6.92 Å². The van der Waals surface area contributed by atoms with Crippen molar-refractivity contribution in [3.8, 4) is 23.0 Å². The van der Waals surface area contributed by atoms with Gasteiger partial charge in [0.1, 0.15) is 35.7 Å². The Balaban J connectivity index is 1.54. The lowest BCUT2D eigenvalue weighted by atomic mass is 9.95. The molecular weight excluding hydrogens is 553 g/mol. The van der Waals surface area contributed by atoms with Crippen molar-refractivity contribution in [1.29, 1.82) is 0 Å². The molecule has 0 amide bonds. The van der Waals surface area contributed by atoms with Crippen molar-refractivity contribution in [1.82, 2.24) is 15.0 Å². The smallest absolute Gasteiger partial charge is 0.319 e. The number of methoxy groups -OCH3 is 1. The highest BCUT2D eigenvalue weighted by Crippen LogP contribution is 2.44. The molecule has 2 aromatic carbocycles. The molecule has 1 atom stereocenters. The van der Waals surface area contributed by atoms with E-state index < -0.39 is 28.5 Å². The number of fused-ring (bicyclic) bond motifs is 2. The number of halogens is 3. The van der Waals surface area contributed by atoms with Gasteiger partial charge < -0.3 is 29.0 Å². The number of hydrogen-bond donors (Lipinski definition) is 1. The molecule has 6 rings (SSSR count). The minimum Gasteiger partial charge on any atom is -0.468 e. The fourth-order valence-corrected chi connectivity index (χ4v) is 5.35. The molecule has 0 unspecified atom stereocenters. The van der Waals surface area contributed by atoms with Crippen LogP contribution in [0.2, 0.25) is 0 Å². The van der Waals surface area contributed by atoms with Crippen LogP contribution in [-0.2, 0) is 9.53 Å². The zero-order chi connectivity index (χ0) is 29.6. The van der Waals surface area contributed by atoms with Crippen LogP contribution in [0.3, 0.4) is 0 Å². The van der Waals surface area contributed by atoms with Gasteiger partial charge in [-0.15, -0.1) is 0 Å². The van der Waals surface area contributed by atoms with Crippen LogP contribution in [0.25, 0.3) is 32.9 Å². The fourth-order valence-electron chi connectivity index (χ4n) is 5.35. The van der Waals surface area contributed by atoms with Crippen LogP contribution in [0.4, 0.5) is 19.0 Å². The number of carbonyl (C=O) groups is 1. The maximum absolute atomic E-state index is 16.5. The highest BCUT2D eigenvalue weighted by atomic mass is 19.2. The minimum atomic E-state index is -1.16. The molecule has 1 N–H and O–H groups in total. The van der Waals surface area contributed by atoms with Gasteiger partial charge in [-0.3, -0.25) is 4.98 Å². The molecule has 1 saturated heterocycles. The Kier molecular flexibility index (Phi) is 7.14. The number of aliphatic hydroxyl groups is 1. The number of aldehydes is 1. The summed E-state index contributed by atoms with van der Waals surface area (Å²) in [4.78, 5) is 26.5. The maximum Gasteiger partial charge on any atom is 0.319 e. The average Bonchev–Trinajstić information content (AvgIpc) is 3.76. The summed E-state index contributed by atoms with van der Waals surface area (Å²) in [5.41, 5.74) is -2.10. The summed E-state index contributed by atoms with van der Waals surface area (Å²) in [5, 5.41) is 11.1. The molecule has 4 aromatic rings. The Labute approximate surface area is 239 Å². The van der Waals surface area contributed by atoms with Crippen molar-refractivity contribution in [3.63, 3.8) is 0 Å². The van der Waals surface area contributed by atoms with Gasteiger partial charge in [-0.05, 0) is 56.2 Å². The summed E-state index contributed by atoms with van der Waals surface area (Å²) in [6, 6.07) is 5.06. The van der Waals surface area contributed by atoms with Gasteiger partial charge in [0, 0.05) is 37.3 Å². The highest BCUT2D eigenvalue weighted by Gasteiger charge is 2.44. The first-order valence-electron chi connectivity index (χ1n) is 13.6. The quantitative estimate of drug-likeness (QED) is 0.217. The average molecular weight is 583 g/mol. The number of benzene rings is 2. The Bertz CT molecular complexity index is 1700. The number of β-amino-alcohol motifs (C(OH)–C–C–N with tert-alkyl or cyclic N) is 1. The Morgan fingerprint density at radius 1 is 1.10 bits per heavy atom. The molecule has 2 aromatic heterocycles. The molecule has 2 fully saturated rings. The zero-order valence-corrected chi connectivity index (χ0v) is 23.1. The molecule has 0 spiro atoms. The first kappa shape index (κ1) is 28.1. The third-order valence-electron chi connectivity index (χ3n) is 7.83. The highest BCUT2D eigenvalue weighted by molar-refractivity contribution is 6.00. The van der Waals surface area contributed by atoms with Gasteiger partial charge in [0.25, 0.3) is 0 Å². The molecule has 0 radical (unpaired) electrons. The van der Waals surface area contributed by atoms with Crippen LogP contribution >= 0.6 is 0 Å². The van der Waals surface area contributed by atoms with E-state index in [0.717, 1.165) is 12.4 Å². The molecule has 42 heavy (non-hydrogen) atoms. The van der Waals surface area contributed by atoms with Crippen LogP contribution in [0.1, 0.15) is 32.6 Å². The second-order valence-corrected chi connectivity index (χ2v) is 11.3. The van der Waals surface area contributed by atoms with E-state index >= 15 is 8.78 Å². The summed E-state index contributed by atoms with van der Waals surface area (Å²) in [5.74, 6) is -2.62. The first-order chi connectivity index (χ1) is 20.1. The van der Waals surface area contributed by atoms with E-state index in [9.17, 15) is 14.3 Å². The van der Waals surface area contributed by atoms with Crippen LogP contribution in [0.15, 0.2) is 30.5 Å². The Morgan fingerprint density at radius 2 is 1.90 bits per heavy atom. The molecule has 2 aliphatic rings.